The second-order valence-electron chi connectivity index (χ2n) is 8.34. The molecule has 156 valence electrons. The number of ketones is 1. The molecule has 2 aromatic rings. The number of hydrogen-bond donors (Lipinski definition) is 1. The number of urea groups is 1. The maximum Gasteiger partial charge on any atom is 0.325 e. The second-order valence-corrected chi connectivity index (χ2v) is 8.34. The van der Waals surface area contributed by atoms with Crippen LogP contribution in [0.5, 0.6) is 0 Å². The van der Waals surface area contributed by atoms with Crippen molar-refractivity contribution >= 4 is 28.6 Å². The number of para-hydroxylation sites is 1. The predicted molar refractivity (Wildman–Crippen MR) is 112 cm³/mol. The van der Waals surface area contributed by atoms with E-state index in [2.05, 4.69) is 18.3 Å². The van der Waals surface area contributed by atoms with Gasteiger partial charge >= 0.3 is 6.03 Å². The minimum absolute atomic E-state index is 0.268. The first-order chi connectivity index (χ1) is 14.5. The van der Waals surface area contributed by atoms with E-state index in [0.29, 0.717) is 37.3 Å². The molecule has 7 heteroatoms. The summed E-state index contributed by atoms with van der Waals surface area (Å²) in [6.45, 7) is 2.36. The lowest BCUT2D eigenvalue weighted by atomic mass is 9.75. The number of nitrogens with zero attached hydrogens (tertiary/aromatic N) is 3. The highest BCUT2D eigenvalue weighted by atomic mass is 16.2. The third-order valence-electron chi connectivity index (χ3n) is 6.64. The van der Waals surface area contributed by atoms with Crippen molar-refractivity contribution in [2.24, 2.45) is 5.92 Å². The molecule has 1 N–H and O–H groups in total. The maximum atomic E-state index is 13.1. The van der Waals surface area contributed by atoms with E-state index >= 15 is 0 Å². The Balaban J connectivity index is 1.55. The smallest absolute Gasteiger partial charge is 0.325 e. The van der Waals surface area contributed by atoms with E-state index in [1.54, 1.807) is 6.20 Å². The molecule has 1 spiro atoms. The zero-order chi connectivity index (χ0) is 21.3. The molecule has 2 heterocycles. The molecule has 0 unspecified atom stereocenters. The Morgan fingerprint density at radius 1 is 1.27 bits per heavy atom. The van der Waals surface area contributed by atoms with Crippen molar-refractivity contribution in [3.8, 4) is 6.07 Å². The molecule has 0 bridgehead atoms. The van der Waals surface area contributed by atoms with Gasteiger partial charge in [0.05, 0.1) is 19.0 Å². The monoisotopic (exact) mass is 406 g/mol. The van der Waals surface area contributed by atoms with Gasteiger partial charge in [-0.1, -0.05) is 31.5 Å². The van der Waals surface area contributed by atoms with Crippen LogP contribution in [0.1, 0.15) is 55.8 Å². The summed E-state index contributed by atoms with van der Waals surface area (Å²) in [5, 5.41) is 12.6. The van der Waals surface area contributed by atoms with Gasteiger partial charge in [0, 0.05) is 29.2 Å². The molecule has 0 radical (unpaired) electrons. The fraction of sp³-hybridized carbons (Fsp3) is 0.478. The predicted octanol–water partition coefficient (Wildman–Crippen LogP) is 3.63. The maximum absolute atomic E-state index is 13.1. The molecule has 1 aromatic carbocycles. The Bertz CT molecular complexity index is 1040. The van der Waals surface area contributed by atoms with Crippen LogP contribution in [0.4, 0.5) is 4.79 Å². The molecule has 1 aliphatic heterocycles. The number of imide groups is 1. The highest BCUT2D eigenvalue weighted by molar-refractivity contribution is 6.14. The number of carbonyl (C=O) groups is 3. The molecule has 1 aromatic heterocycles. The summed E-state index contributed by atoms with van der Waals surface area (Å²) in [5.74, 6) is 0.0453. The first kappa shape index (κ1) is 20.1. The Labute approximate surface area is 175 Å². The Kier molecular flexibility index (Phi) is 5.33. The lowest BCUT2D eigenvalue weighted by Crippen LogP contribution is -2.49. The van der Waals surface area contributed by atoms with E-state index < -0.39 is 11.6 Å². The van der Waals surface area contributed by atoms with Crippen molar-refractivity contribution in [2.45, 2.75) is 57.5 Å². The van der Waals surface area contributed by atoms with Gasteiger partial charge in [-0.25, -0.2) is 4.79 Å². The topological polar surface area (TPSA) is 95.2 Å². The normalized spacial score (nSPS) is 23.7. The van der Waals surface area contributed by atoms with E-state index in [9.17, 15) is 14.4 Å². The van der Waals surface area contributed by atoms with Gasteiger partial charge in [0.25, 0.3) is 5.91 Å². The molecule has 2 aliphatic rings. The van der Waals surface area contributed by atoms with Crippen LogP contribution in [-0.2, 0) is 11.3 Å². The van der Waals surface area contributed by atoms with Crippen molar-refractivity contribution in [3.63, 3.8) is 0 Å². The molecular formula is C23H26N4O3. The third kappa shape index (κ3) is 3.36. The van der Waals surface area contributed by atoms with Crippen molar-refractivity contribution in [1.82, 2.24) is 14.8 Å². The highest BCUT2D eigenvalue weighted by Crippen LogP contribution is 2.37. The van der Waals surface area contributed by atoms with Gasteiger partial charge in [-0.15, -0.1) is 0 Å². The van der Waals surface area contributed by atoms with Crippen molar-refractivity contribution in [1.29, 1.82) is 5.26 Å². The number of fused-ring (bicyclic) bond motifs is 1. The summed E-state index contributed by atoms with van der Waals surface area (Å²) >= 11 is 0. The van der Waals surface area contributed by atoms with Gasteiger partial charge in [0.15, 0.2) is 5.78 Å². The summed E-state index contributed by atoms with van der Waals surface area (Å²) in [5.41, 5.74) is 0.492. The van der Waals surface area contributed by atoms with Gasteiger partial charge in [0.2, 0.25) is 0 Å². The molecular weight excluding hydrogens is 380 g/mol. The van der Waals surface area contributed by atoms with E-state index in [1.807, 2.05) is 28.8 Å². The van der Waals surface area contributed by atoms with Gasteiger partial charge in [-0.3, -0.25) is 14.5 Å². The zero-order valence-electron chi connectivity index (χ0n) is 17.2. The molecule has 1 saturated carbocycles. The van der Waals surface area contributed by atoms with E-state index in [1.165, 1.54) is 0 Å². The molecule has 1 saturated heterocycles. The van der Waals surface area contributed by atoms with Crippen LogP contribution in [0.3, 0.4) is 0 Å². The lowest BCUT2D eigenvalue weighted by Gasteiger charge is -2.34. The number of nitrogens with one attached hydrogen (secondary N) is 1. The summed E-state index contributed by atoms with van der Waals surface area (Å²) in [4.78, 5) is 39.9. The van der Waals surface area contributed by atoms with Gasteiger partial charge < -0.3 is 9.88 Å². The van der Waals surface area contributed by atoms with Crippen LogP contribution in [0.25, 0.3) is 10.9 Å². The highest BCUT2D eigenvalue weighted by Gasteiger charge is 2.52. The van der Waals surface area contributed by atoms with Crippen LogP contribution in [0, 0.1) is 17.2 Å². The Hall–Kier alpha value is -3.14. The molecule has 1 aliphatic carbocycles. The van der Waals surface area contributed by atoms with Crippen LogP contribution >= 0.6 is 0 Å². The molecule has 0 atom stereocenters. The van der Waals surface area contributed by atoms with E-state index in [0.717, 1.165) is 35.1 Å². The van der Waals surface area contributed by atoms with Gasteiger partial charge in [-0.2, -0.15) is 5.26 Å². The SMILES string of the molecule is CCC1CCC2(CC1)NC(=O)N(CC(=O)c1cn(CCC#N)c3ccccc13)C2=O. The molecule has 4 rings (SSSR count). The van der Waals surface area contributed by atoms with Crippen molar-refractivity contribution < 1.29 is 14.4 Å². The lowest BCUT2D eigenvalue weighted by molar-refractivity contribution is -0.132. The van der Waals surface area contributed by atoms with Crippen molar-refractivity contribution in [3.05, 3.63) is 36.0 Å². The van der Waals surface area contributed by atoms with Crippen LogP contribution in [0.2, 0.25) is 0 Å². The fourth-order valence-corrected chi connectivity index (χ4v) is 4.79. The van der Waals surface area contributed by atoms with Gasteiger partial charge in [0.1, 0.15) is 5.54 Å². The van der Waals surface area contributed by atoms with Crippen LogP contribution in [-0.4, -0.2) is 39.3 Å². The first-order valence-electron chi connectivity index (χ1n) is 10.6. The number of nitriles is 1. The third-order valence-corrected chi connectivity index (χ3v) is 6.64. The fourth-order valence-electron chi connectivity index (χ4n) is 4.79. The van der Waals surface area contributed by atoms with Gasteiger partial charge in [-0.05, 0) is 37.7 Å². The van der Waals surface area contributed by atoms with Crippen molar-refractivity contribution in [2.75, 3.05) is 6.54 Å². The minimum Gasteiger partial charge on any atom is -0.346 e. The number of amides is 3. The standard InChI is InChI=1S/C23H26N4O3/c1-2-16-8-10-23(11-9-16)21(29)27(22(30)25-23)15-20(28)18-14-26(13-5-12-24)19-7-4-3-6-17(18)19/h3-4,6-7,14,16H,2,5,8-11,13,15H2,1H3,(H,25,30). The number of carbonyl (C=O) groups excluding carboxylic acids is 3. The zero-order valence-corrected chi connectivity index (χ0v) is 17.2. The summed E-state index contributed by atoms with van der Waals surface area (Å²) in [7, 11) is 0. The van der Waals surface area contributed by atoms with E-state index in [-0.39, 0.29) is 18.2 Å². The quantitative estimate of drug-likeness (QED) is 0.585. The summed E-state index contributed by atoms with van der Waals surface area (Å²) < 4.78 is 1.88. The first-order valence-corrected chi connectivity index (χ1v) is 10.6. The molecule has 3 amide bonds. The molecule has 7 nitrogen and oxygen atoms in total. The average Bonchev–Trinajstić information content (AvgIpc) is 3.24. The number of rotatable bonds is 6. The van der Waals surface area contributed by atoms with E-state index in [4.69, 9.17) is 5.26 Å². The molecule has 30 heavy (non-hydrogen) atoms. The Morgan fingerprint density at radius 2 is 2.00 bits per heavy atom. The Morgan fingerprint density at radius 3 is 2.70 bits per heavy atom. The van der Waals surface area contributed by atoms with Crippen LogP contribution in [0.15, 0.2) is 30.5 Å². The largest absolute Gasteiger partial charge is 0.346 e. The average molecular weight is 406 g/mol. The van der Waals surface area contributed by atoms with Crippen LogP contribution < -0.4 is 5.32 Å². The number of aromatic nitrogens is 1. The number of aryl methyl sites for hydroxylation is 1. The summed E-state index contributed by atoms with van der Waals surface area (Å²) in [6.07, 6.45) is 6.23. The summed E-state index contributed by atoms with van der Waals surface area (Å²) in [6, 6.07) is 9.13. The number of benzene rings is 1. The molecule has 2 fully saturated rings. The minimum atomic E-state index is -0.843. The number of Topliss-reactive ketones (excluding diaryl/α,β-unsaturated/α-hetero) is 1. The second kappa shape index (κ2) is 7.94. The number of hydrogen-bond acceptors (Lipinski definition) is 4.